The van der Waals surface area contributed by atoms with Crippen LogP contribution >= 0.6 is 14.6 Å². The molecule has 2 nitrogen and oxygen atoms in total. The highest BCUT2D eigenvalue weighted by atomic mass is 31.2. The number of anilines is 1. The Morgan fingerprint density at radius 3 is 1.23 bits per heavy atom. The summed E-state index contributed by atoms with van der Waals surface area (Å²) >= 11 is 0. The first kappa shape index (κ1) is 23.3. The van der Waals surface area contributed by atoms with Crippen LogP contribution in [0.3, 0.4) is 0 Å². The van der Waals surface area contributed by atoms with Crippen molar-refractivity contribution >= 4 is 41.5 Å². The molecule has 172 valence electrons. The van der Waals surface area contributed by atoms with Gasteiger partial charge in [-0.3, -0.25) is 5.09 Å². The largest absolute Gasteiger partial charge is 0.310 e. The Morgan fingerprint density at radius 2 is 0.829 bits per heavy atom. The summed E-state index contributed by atoms with van der Waals surface area (Å²) in [6, 6.07) is 51.4. The minimum atomic E-state index is -3.03. The molecule has 5 rings (SSSR count). The van der Waals surface area contributed by atoms with E-state index >= 15 is 4.57 Å². The summed E-state index contributed by atoms with van der Waals surface area (Å²) in [5.41, 5.74) is 1.03. The summed E-state index contributed by atoms with van der Waals surface area (Å²) < 4.78 is 15.4. The Hall–Kier alpha value is -3.44. The number of rotatable bonds is 8. The van der Waals surface area contributed by atoms with Crippen molar-refractivity contribution < 1.29 is 4.57 Å². The smallest absolute Gasteiger partial charge is 0.181 e. The van der Waals surface area contributed by atoms with Crippen molar-refractivity contribution in [3.8, 4) is 0 Å². The molecule has 0 radical (unpaired) electrons. The van der Waals surface area contributed by atoms with E-state index in [0.29, 0.717) is 5.90 Å². The predicted molar refractivity (Wildman–Crippen MR) is 154 cm³/mol. The zero-order valence-corrected chi connectivity index (χ0v) is 21.2. The van der Waals surface area contributed by atoms with Gasteiger partial charge in [0.1, 0.15) is 16.5 Å². The second-order valence-electron chi connectivity index (χ2n) is 8.51. The molecule has 0 aromatic heterocycles. The van der Waals surface area contributed by atoms with Gasteiger partial charge < -0.3 is 4.57 Å². The third-order valence-corrected chi connectivity index (χ3v) is 14.8. The monoisotopic (exact) mass is 492 g/mol. The predicted octanol–water partition coefficient (Wildman–Crippen LogP) is 6.65. The van der Waals surface area contributed by atoms with Gasteiger partial charge in [0, 0.05) is 10.6 Å². The van der Waals surface area contributed by atoms with Crippen LogP contribution in [0.4, 0.5) is 5.69 Å². The van der Waals surface area contributed by atoms with Gasteiger partial charge in [-0.05, 0) is 36.4 Å². The molecule has 0 atom stereocenters. The molecule has 0 spiro atoms. The van der Waals surface area contributed by atoms with Crippen molar-refractivity contribution in [3.05, 3.63) is 152 Å². The fourth-order valence-electron chi connectivity index (χ4n) is 4.52. The van der Waals surface area contributed by atoms with Gasteiger partial charge in [0.05, 0.1) is 5.69 Å². The molecule has 0 aliphatic carbocycles. The van der Waals surface area contributed by atoms with Crippen molar-refractivity contribution in [1.29, 1.82) is 0 Å². The van der Waals surface area contributed by atoms with Crippen LogP contribution in [0.1, 0.15) is 0 Å². The maximum atomic E-state index is 15.4. The summed E-state index contributed by atoms with van der Waals surface area (Å²) in [5.74, 6) is 0.497. The number of nitrogens with one attached hydrogen (secondary N) is 1. The molecule has 5 aromatic rings. The molecule has 0 aliphatic rings. The Morgan fingerprint density at radius 1 is 0.486 bits per heavy atom. The summed E-state index contributed by atoms with van der Waals surface area (Å²) in [6.45, 7) is 0. The van der Waals surface area contributed by atoms with Crippen molar-refractivity contribution in [2.45, 2.75) is 0 Å². The fourth-order valence-corrected chi connectivity index (χ4v) is 13.9. The maximum absolute atomic E-state index is 15.4. The SMILES string of the molecule is O=P(C[P+](Nc1ccccc1)(c1ccccc1)c1ccccc1)(c1ccccc1)c1ccccc1. The molecular weight excluding hydrogens is 464 g/mol. The van der Waals surface area contributed by atoms with Gasteiger partial charge >= 0.3 is 0 Å². The van der Waals surface area contributed by atoms with Crippen molar-refractivity contribution in [3.63, 3.8) is 0 Å². The lowest BCUT2D eigenvalue weighted by molar-refractivity contribution is 0.589. The molecule has 0 bridgehead atoms. The standard InChI is InChI=1S/C31H28NOP2/c33-35(30-22-12-4-13-23-30,31-24-14-5-15-25-31)26-34(28-18-8-2-9-19-28,29-20-10-3-11-21-29)32-27-16-6-1-7-17-27/h1-25,32H,26H2/q+1. The van der Waals surface area contributed by atoms with Gasteiger partial charge in [0.15, 0.2) is 14.6 Å². The van der Waals surface area contributed by atoms with Gasteiger partial charge in [0.25, 0.3) is 0 Å². The Kier molecular flexibility index (Phi) is 6.96. The van der Waals surface area contributed by atoms with Gasteiger partial charge in [-0.1, -0.05) is 115 Å². The highest BCUT2D eigenvalue weighted by molar-refractivity contribution is 8.00. The first-order chi connectivity index (χ1) is 17.2. The highest BCUT2D eigenvalue weighted by Gasteiger charge is 2.50. The van der Waals surface area contributed by atoms with Crippen LogP contribution < -0.4 is 26.3 Å². The molecule has 0 heterocycles. The number of hydrogen-bond donors (Lipinski definition) is 1. The van der Waals surface area contributed by atoms with Crippen LogP contribution in [-0.2, 0) is 4.57 Å². The molecule has 0 saturated carbocycles. The third-order valence-electron chi connectivity index (χ3n) is 6.25. The normalized spacial score (nSPS) is 11.7. The van der Waals surface area contributed by atoms with E-state index in [1.165, 1.54) is 10.6 Å². The van der Waals surface area contributed by atoms with Gasteiger partial charge in [-0.2, -0.15) is 0 Å². The van der Waals surface area contributed by atoms with Crippen LogP contribution in [0.25, 0.3) is 0 Å². The molecule has 0 aliphatic heterocycles. The number of para-hydroxylation sites is 1. The molecule has 1 N–H and O–H groups in total. The van der Waals surface area contributed by atoms with E-state index in [1.807, 2.05) is 91.0 Å². The minimum absolute atomic E-state index is 0.497. The first-order valence-electron chi connectivity index (χ1n) is 11.7. The first-order valence-corrected chi connectivity index (χ1v) is 15.6. The molecule has 0 fully saturated rings. The molecule has 4 heteroatoms. The second-order valence-corrected chi connectivity index (χ2v) is 15.0. The van der Waals surface area contributed by atoms with Crippen LogP contribution in [0, 0.1) is 0 Å². The van der Waals surface area contributed by atoms with E-state index in [9.17, 15) is 0 Å². The maximum Gasteiger partial charge on any atom is 0.181 e. The molecule has 5 aromatic carbocycles. The lowest BCUT2D eigenvalue weighted by Gasteiger charge is -2.32. The average Bonchev–Trinajstić information content (AvgIpc) is 2.95. The van der Waals surface area contributed by atoms with Crippen LogP contribution in [0.15, 0.2) is 152 Å². The molecular formula is C31H28NOP2+. The lowest BCUT2D eigenvalue weighted by atomic mass is 10.3. The molecule has 35 heavy (non-hydrogen) atoms. The molecule has 0 saturated heterocycles. The average molecular weight is 493 g/mol. The topological polar surface area (TPSA) is 29.1 Å². The van der Waals surface area contributed by atoms with E-state index in [-0.39, 0.29) is 0 Å². The van der Waals surface area contributed by atoms with Crippen LogP contribution in [-0.4, -0.2) is 5.90 Å². The van der Waals surface area contributed by atoms with Gasteiger partial charge in [-0.25, -0.2) is 0 Å². The van der Waals surface area contributed by atoms with E-state index in [1.54, 1.807) is 0 Å². The Labute approximate surface area is 208 Å². The van der Waals surface area contributed by atoms with Gasteiger partial charge in [-0.15, -0.1) is 0 Å². The zero-order chi connectivity index (χ0) is 24.0. The highest BCUT2D eigenvalue weighted by Crippen LogP contribution is 2.66. The lowest BCUT2D eigenvalue weighted by Crippen LogP contribution is -2.33. The van der Waals surface area contributed by atoms with Crippen LogP contribution in [0.2, 0.25) is 0 Å². The van der Waals surface area contributed by atoms with Crippen LogP contribution in [0.5, 0.6) is 0 Å². The second kappa shape index (κ2) is 10.4. The molecule has 0 amide bonds. The fraction of sp³-hybridized carbons (Fsp3) is 0.0323. The van der Waals surface area contributed by atoms with Crippen molar-refractivity contribution in [2.75, 3.05) is 11.0 Å². The summed E-state index contributed by atoms with van der Waals surface area (Å²) in [4.78, 5) is 0. The van der Waals surface area contributed by atoms with E-state index in [0.717, 1.165) is 16.3 Å². The quantitative estimate of drug-likeness (QED) is 0.246. The number of hydrogen-bond acceptors (Lipinski definition) is 2. The third kappa shape index (κ3) is 4.87. The van der Waals surface area contributed by atoms with Gasteiger partial charge in [0.2, 0.25) is 0 Å². The van der Waals surface area contributed by atoms with E-state index in [4.69, 9.17) is 0 Å². The van der Waals surface area contributed by atoms with E-state index in [2.05, 4.69) is 65.8 Å². The summed E-state index contributed by atoms with van der Waals surface area (Å²) in [6.07, 6.45) is 0. The van der Waals surface area contributed by atoms with Crippen molar-refractivity contribution in [2.24, 2.45) is 0 Å². The number of benzene rings is 5. The minimum Gasteiger partial charge on any atom is -0.310 e. The van der Waals surface area contributed by atoms with Crippen molar-refractivity contribution in [1.82, 2.24) is 0 Å². The Bertz CT molecular complexity index is 1310. The molecule has 0 unspecified atom stereocenters. The summed E-state index contributed by atoms with van der Waals surface area (Å²) in [5, 5.41) is 8.10. The summed E-state index contributed by atoms with van der Waals surface area (Å²) in [7, 11) is -5.41. The Balaban J connectivity index is 1.78. The zero-order valence-electron chi connectivity index (χ0n) is 19.4. The van der Waals surface area contributed by atoms with E-state index < -0.39 is 14.6 Å².